The molecule has 0 atom stereocenters. The molecule has 0 bridgehead atoms. The Morgan fingerprint density at radius 1 is 1.36 bits per heavy atom. The van der Waals surface area contributed by atoms with E-state index in [-0.39, 0.29) is 17.3 Å². The van der Waals surface area contributed by atoms with Gasteiger partial charge in [-0.15, -0.1) is 0 Å². The molecule has 4 nitrogen and oxygen atoms in total. The summed E-state index contributed by atoms with van der Waals surface area (Å²) in [7, 11) is 3.21. The number of amides is 2. The molecule has 6 heteroatoms. The first-order chi connectivity index (χ1) is 4.95. The van der Waals surface area contributed by atoms with Crippen molar-refractivity contribution in [2.24, 2.45) is 0 Å². The van der Waals surface area contributed by atoms with Crippen LogP contribution in [0.4, 0.5) is 4.79 Å². The number of carbonyl (C=O) groups excluding carboxylic acids is 2. The number of carbonyl (C=O) groups is 2. The first-order valence-corrected chi connectivity index (χ1v) is 4.28. The zero-order valence-electron chi connectivity index (χ0n) is 6.17. The Kier molecular flexibility index (Phi) is 4.67. The molecule has 0 aliphatic rings. The van der Waals surface area contributed by atoms with Crippen LogP contribution in [0.15, 0.2) is 0 Å². The molecule has 0 aliphatic carbocycles. The average Bonchev–Trinajstić information content (AvgIpc) is 1.84. The van der Waals surface area contributed by atoms with Crippen LogP contribution in [0.3, 0.4) is 0 Å². The van der Waals surface area contributed by atoms with E-state index in [9.17, 15) is 9.59 Å². The van der Waals surface area contributed by atoms with E-state index in [1.807, 2.05) is 0 Å². The lowest BCUT2D eigenvalue weighted by Gasteiger charge is -2.17. The third kappa shape index (κ3) is 4.36. The zero-order valence-corrected chi connectivity index (χ0v) is 9.35. The molecule has 0 heterocycles. The van der Waals surface area contributed by atoms with Gasteiger partial charge in [0.05, 0.1) is 16.1 Å². The molecule has 0 saturated heterocycles. The third-order valence-electron chi connectivity index (χ3n) is 0.853. The Labute approximate surface area is 82.0 Å². The average molecular weight is 288 g/mol. The predicted octanol–water partition coefficient (Wildman–Crippen LogP) is 1.20. The highest BCUT2D eigenvalue weighted by Crippen LogP contribution is 2.03. The second-order valence-corrected chi connectivity index (χ2v) is 3.79. The molecule has 0 spiro atoms. The largest absolute Gasteiger partial charge is 0.330 e. The summed E-state index contributed by atoms with van der Waals surface area (Å²) in [5, 5.41) is 0. The fraction of sp³-hybridized carbons (Fsp3) is 0.600. The lowest BCUT2D eigenvalue weighted by atomic mass is 10.7. The van der Waals surface area contributed by atoms with Gasteiger partial charge < -0.3 is 4.90 Å². The van der Waals surface area contributed by atoms with Crippen LogP contribution in [0, 0.1) is 0 Å². The Hall–Kier alpha value is -0.100. The van der Waals surface area contributed by atoms with Gasteiger partial charge in [0.1, 0.15) is 6.54 Å². The van der Waals surface area contributed by atoms with Gasteiger partial charge in [-0.05, 0) is 15.9 Å². The molecule has 0 saturated carbocycles. The van der Waals surface area contributed by atoms with Crippen LogP contribution >= 0.6 is 32.1 Å². The number of hydrogen-bond donors (Lipinski definition) is 0. The minimum atomic E-state index is -0.266. The van der Waals surface area contributed by atoms with Crippen molar-refractivity contribution in [2.45, 2.75) is 0 Å². The van der Waals surface area contributed by atoms with Crippen LogP contribution in [0.25, 0.3) is 0 Å². The summed E-state index contributed by atoms with van der Waals surface area (Å²) < 4.78 is 0.897. The highest BCUT2D eigenvalue weighted by atomic mass is 79.9. The van der Waals surface area contributed by atoms with Gasteiger partial charge in [0, 0.05) is 14.1 Å². The Morgan fingerprint density at radius 3 is 2.09 bits per heavy atom. The molecule has 0 unspecified atom stereocenters. The fourth-order valence-electron chi connectivity index (χ4n) is 0.394. The summed E-state index contributed by atoms with van der Waals surface area (Å²) in [6.45, 7) is 0.0109. The third-order valence-corrected chi connectivity index (χ3v) is 1.66. The van der Waals surface area contributed by atoms with Crippen LogP contribution in [-0.4, -0.2) is 40.2 Å². The van der Waals surface area contributed by atoms with Crippen molar-refractivity contribution in [3.63, 3.8) is 0 Å². The molecule has 11 heavy (non-hydrogen) atoms. The molecular formula is C5H8Br2N2O2. The van der Waals surface area contributed by atoms with Crippen molar-refractivity contribution in [1.82, 2.24) is 8.83 Å². The van der Waals surface area contributed by atoms with E-state index in [0.29, 0.717) is 0 Å². The van der Waals surface area contributed by atoms with E-state index >= 15 is 0 Å². The van der Waals surface area contributed by atoms with Gasteiger partial charge in [0.15, 0.2) is 0 Å². The van der Waals surface area contributed by atoms with Crippen LogP contribution < -0.4 is 0 Å². The molecule has 0 aliphatic heterocycles. The van der Waals surface area contributed by atoms with Gasteiger partial charge in [-0.25, -0.2) is 4.79 Å². The summed E-state index contributed by atoms with van der Waals surface area (Å²) in [6.07, 6.45) is 0. The van der Waals surface area contributed by atoms with Gasteiger partial charge in [-0.3, -0.25) is 8.72 Å². The summed E-state index contributed by atoms with van der Waals surface area (Å²) >= 11 is 5.65. The Morgan fingerprint density at radius 2 is 1.82 bits per heavy atom. The van der Waals surface area contributed by atoms with Crippen molar-refractivity contribution in [3.8, 4) is 0 Å². The summed E-state index contributed by atoms with van der Waals surface area (Å²) in [5.74, 6) is 0. The van der Waals surface area contributed by atoms with Crippen molar-refractivity contribution < 1.29 is 9.59 Å². The van der Waals surface area contributed by atoms with Crippen LogP contribution in [0.2, 0.25) is 0 Å². The van der Waals surface area contributed by atoms with Gasteiger partial charge in [-0.1, -0.05) is 0 Å². The normalized spacial score (nSPS) is 9.09. The summed E-state index contributed by atoms with van der Waals surface area (Å²) in [5.41, 5.74) is 0. The van der Waals surface area contributed by atoms with Crippen LogP contribution in [-0.2, 0) is 4.79 Å². The standard InChI is InChI=1S/C5H8Br2N2O2/c1-8(2)5(11)9(7)3-4(6)10/h3H2,1-2H3. The maximum Gasteiger partial charge on any atom is 0.329 e. The SMILES string of the molecule is CN(C)C(=O)N(Br)CC(=O)Br. The number of halogens is 2. The topological polar surface area (TPSA) is 40.6 Å². The van der Waals surface area contributed by atoms with Crippen molar-refractivity contribution in [1.29, 1.82) is 0 Å². The molecule has 0 aromatic rings. The second-order valence-electron chi connectivity index (χ2n) is 2.05. The molecule has 0 radical (unpaired) electrons. The lowest BCUT2D eigenvalue weighted by Crippen LogP contribution is -2.34. The molecule has 0 aromatic heterocycles. The fourth-order valence-corrected chi connectivity index (χ4v) is 1.53. The smallest absolute Gasteiger partial charge is 0.329 e. The van der Waals surface area contributed by atoms with E-state index in [2.05, 4.69) is 32.1 Å². The Bertz CT molecular complexity index is 172. The highest BCUT2D eigenvalue weighted by molar-refractivity contribution is 9.18. The van der Waals surface area contributed by atoms with E-state index in [0.717, 1.165) is 3.93 Å². The molecule has 0 fully saturated rings. The van der Waals surface area contributed by atoms with Crippen molar-refractivity contribution in [2.75, 3.05) is 20.6 Å². The first kappa shape index (κ1) is 10.9. The van der Waals surface area contributed by atoms with Crippen LogP contribution in [0.1, 0.15) is 0 Å². The number of hydrogen-bond acceptors (Lipinski definition) is 2. The Balaban J connectivity index is 3.93. The molecule has 0 rings (SSSR count). The summed E-state index contributed by atoms with van der Waals surface area (Å²) in [4.78, 5) is 22.8. The number of nitrogens with zero attached hydrogens (tertiary/aromatic N) is 2. The quantitative estimate of drug-likeness (QED) is 0.566. The molecule has 2 amide bonds. The van der Waals surface area contributed by atoms with Gasteiger partial charge in [0.2, 0.25) is 4.69 Å². The monoisotopic (exact) mass is 286 g/mol. The molecule has 0 aromatic carbocycles. The maximum absolute atomic E-state index is 11.0. The summed E-state index contributed by atoms with van der Waals surface area (Å²) in [6, 6.07) is -0.266. The molecule has 0 N–H and O–H groups in total. The van der Waals surface area contributed by atoms with Crippen molar-refractivity contribution >= 4 is 42.8 Å². The van der Waals surface area contributed by atoms with E-state index in [1.165, 1.54) is 4.90 Å². The van der Waals surface area contributed by atoms with Crippen LogP contribution in [0.5, 0.6) is 0 Å². The van der Waals surface area contributed by atoms with E-state index in [1.54, 1.807) is 14.1 Å². The minimum Gasteiger partial charge on any atom is -0.330 e. The highest BCUT2D eigenvalue weighted by Gasteiger charge is 2.13. The second kappa shape index (κ2) is 4.71. The number of urea groups is 1. The minimum absolute atomic E-state index is 0.0109. The molecule has 64 valence electrons. The maximum atomic E-state index is 11.0. The van der Waals surface area contributed by atoms with E-state index < -0.39 is 0 Å². The zero-order chi connectivity index (χ0) is 9.02. The molecular weight excluding hydrogens is 280 g/mol. The predicted molar refractivity (Wildman–Crippen MR) is 48.7 cm³/mol. The lowest BCUT2D eigenvalue weighted by molar-refractivity contribution is -0.110. The first-order valence-electron chi connectivity index (χ1n) is 2.78. The van der Waals surface area contributed by atoms with E-state index in [4.69, 9.17) is 0 Å². The van der Waals surface area contributed by atoms with Gasteiger partial charge in [-0.2, -0.15) is 0 Å². The number of rotatable bonds is 2. The van der Waals surface area contributed by atoms with Gasteiger partial charge in [0.25, 0.3) is 0 Å². The van der Waals surface area contributed by atoms with Gasteiger partial charge >= 0.3 is 6.03 Å². The van der Waals surface area contributed by atoms with Crippen molar-refractivity contribution in [3.05, 3.63) is 0 Å².